The molecule has 0 spiro atoms. The summed E-state index contributed by atoms with van der Waals surface area (Å²) >= 11 is 0. The number of ether oxygens (including phenoxy) is 1. The first-order chi connectivity index (χ1) is 12.5. The van der Waals surface area contributed by atoms with Crippen LogP contribution in [-0.2, 0) is 16.6 Å². The number of sulfonamides is 1. The summed E-state index contributed by atoms with van der Waals surface area (Å²) in [6, 6.07) is 10.4. The number of benzene rings is 1. The van der Waals surface area contributed by atoms with Crippen LogP contribution in [0.1, 0.15) is 12.5 Å². The molecule has 0 aliphatic rings. The van der Waals surface area contributed by atoms with Gasteiger partial charge in [0, 0.05) is 12.7 Å². The summed E-state index contributed by atoms with van der Waals surface area (Å²) in [5.41, 5.74) is 1.18. The Hall–Kier alpha value is -2.71. The van der Waals surface area contributed by atoms with Gasteiger partial charge in [-0.25, -0.2) is 17.5 Å². The van der Waals surface area contributed by atoms with E-state index >= 15 is 0 Å². The van der Waals surface area contributed by atoms with Crippen molar-refractivity contribution in [3.8, 4) is 17.2 Å². The molecule has 0 saturated heterocycles. The molecule has 0 atom stereocenters. The first-order valence-electron chi connectivity index (χ1n) is 7.91. The van der Waals surface area contributed by atoms with Gasteiger partial charge in [-0.05, 0) is 48.9 Å². The Bertz CT molecular complexity index is 988. The van der Waals surface area contributed by atoms with E-state index in [0.29, 0.717) is 17.0 Å². The van der Waals surface area contributed by atoms with Gasteiger partial charge < -0.3 is 9.15 Å². The zero-order chi connectivity index (χ0) is 18.6. The van der Waals surface area contributed by atoms with Crippen LogP contribution < -0.4 is 9.46 Å². The van der Waals surface area contributed by atoms with Crippen LogP contribution in [0.4, 0.5) is 4.39 Å². The van der Waals surface area contributed by atoms with E-state index in [1.165, 1.54) is 18.4 Å². The number of nitrogens with zero attached hydrogens (tertiary/aromatic N) is 1. The van der Waals surface area contributed by atoms with Crippen LogP contribution in [0, 0.1) is 5.82 Å². The van der Waals surface area contributed by atoms with Crippen molar-refractivity contribution in [3.63, 3.8) is 0 Å². The minimum atomic E-state index is -3.90. The van der Waals surface area contributed by atoms with E-state index in [4.69, 9.17) is 9.15 Å². The largest absolute Gasteiger partial charge is 0.491 e. The fourth-order valence-corrected chi connectivity index (χ4v) is 3.41. The fourth-order valence-electron chi connectivity index (χ4n) is 2.39. The SMILES string of the molecule is CCOc1ccc(S(=O)(=O)NCc2cccnc2-c2ccco2)cc1F. The average Bonchev–Trinajstić information content (AvgIpc) is 3.16. The third-order valence-corrected chi connectivity index (χ3v) is 5.01. The summed E-state index contributed by atoms with van der Waals surface area (Å²) in [6.45, 7) is 2.00. The molecular weight excluding hydrogens is 359 g/mol. The predicted octanol–water partition coefficient (Wildman–Crippen LogP) is 3.36. The summed E-state index contributed by atoms with van der Waals surface area (Å²) in [4.78, 5) is 4.06. The third kappa shape index (κ3) is 3.92. The van der Waals surface area contributed by atoms with Crippen molar-refractivity contribution in [2.24, 2.45) is 0 Å². The maximum atomic E-state index is 13.9. The molecule has 0 amide bonds. The summed E-state index contributed by atoms with van der Waals surface area (Å²) in [6.07, 6.45) is 3.11. The van der Waals surface area contributed by atoms with E-state index in [9.17, 15) is 12.8 Å². The molecule has 3 rings (SSSR count). The van der Waals surface area contributed by atoms with Gasteiger partial charge in [0.2, 0.25) is 10.0 Å². The zero-order valence-electron chi connectivity index (χ0n) is 14.0. The Morgan fingerprint density at radius 3 is 2.77 bits per heavy atom. The molecule has 8 heteroatoms. The van der Waals surface area contributed by atoms with Crippen LogP contribution in [0.5, 0.6) is 5.75 Å². The van der Waals surface area contributed by atoms with E-state index in [1.807, 2.05) is 0 Å². The lowest BCUT2D eigenvalue weighted by atomic mass is 10.1. The summed E-state index contributed by atoms with van der Waals surface area (Å²) in [5.74, 6) is -0.182. The van der Waals surface area contributed by atoms with Crippen LogP contribution in [0.3, 0.4) is 0 Å². The Kier molecular flexibility index (Phi) is 5.34. The highest BCUT2D eigenvalue weighted by molar-refractivity contribution is 7.89. The standard InChI is InChI=1S/C18H17FN2O4S/c1-2-24-16-8-7-14(11-15(16)19)26(22,23)21-12-13-5-3-9-20-18(13)17-6-4-10-25-17/h3-11,21H,2,12H2,1H3. The molecule has 0 unspecified atom stereocenters. The molecule has 26 heavy (non-hydrogen) atoms. The second-order valence-electron chi connectivity index (χ2n) is 5.34. The van der Waals surface area contributed by atoms with Crippen molar-refractivity contribution < 1.29 is 22.0 Å². The molecular formula is C18H17FN2O4S. The molecule has 0 fully saturated rings. The molecule has 1 aromatic carbocycles. The van der Waals surface area contributed by atoms with E-state index in [0.717, 1.165) is 6.07 Å². The van der Waals surface area contributed by atoms with Gasteiger partial charge >= 0.3 is 0 Å². The maximum absolute atomic E-state index is 13.9. The van der Waals surface area contributed by atoms with Gasteiger partial charge in [0.1, 0.15) is 5.69 Å². The molecule has 0 saturated carbocycles. The Morgan fingerprint density at radius 1 is 1.23 bits per heavy atom. The molecule has 3 aromatic rings. The predicted molar refractivity (Wildman–Crippen MR) is 93.5 cm³/mol. The van der Waals surface area contributed by atoms with Gasteiger partial charge in [-0.3, -0.25) is 4.98 Å². The highest BCUT2D eigenvalue weighted by Crippen LogP contribution is 2.23. The van der Waals surface area contributed by atoms with E-state index in [-0.39, 0.29) is 23.8 Å². The number of aromatic nitrogens is 1. The highest BCUT2D eigenvalue weighted by Gasteiger charge is 2.18. The number of pyridine rings is 1. The lowest BCUT2D eigenvalue weighted by Gasteiger charge is -2.10. The number of hydrogen-bond acceptors (Lipinski definition) is 5. The first kappa shape index (κ1) is 18.1. The average molecular weight is 376 g/mol. The van der Waals surface area contributed by atoms with E-state index in [2.05, 4.69) is 9.71 Å². The van der Waals surface area contributed by atoms with Gasteiger partial charge in [-0.1, -0.05) is 6.07 Å². The molecule has 0 bridgehead atoms. The van der Waals surface area contributed by atoms with E-state index < -0.39 is 15.8 Å². The Balaban J connectivity index is 1.81. The first-order valence-corrected chi connectivity index (χ1v) is 9.39. The minimum Gasteiger partial charge on any atom is -0.491 e. The van der Waals surface area contributed by atoms with Crippen LogP contribution in [0.15, 0.2) is 64.2 Å². The molecule has 136 valence electrons. The van der Waals surface area contributed by atoms with Crippen LogP contribution in [0.25, 0.3) is 11.5 Å². The molecule has 0 aliphatic carbocycles. The third-order valence-electron chi connectivity index (χ3n) is 3.61. The van der Waals surface area contributed by atoms with Crippen molar-refractivity contribution in [2.45, 2.75) is 18.4 Å². The van der Waals surface area contributed by atoms with Crippen molar-refractivity contribution in [2.75, 3.05) is 6.61 Å². The fraction of sp³-hybridized carbons (Fsp3) is 0.167. The summed E-state index contributed by atoms with van der Waals surface area (Å²) in [7, 11) is -3.90. The smallest absolute Gasteiger partial charge is 0.240 e. The van der Waals surface area contributed by atoms with Crippen molar-refractivity contribution >= 4 is 10.0 Å². The Morgan fingerprint density at radius 2 is 2.08 bits per heavy atom. The molecule has 6 nitrogen and oxygen atoms in total. The topological polar surface area (TPSA) is 81.4 Å². The number of furan rings is 1. The van der Waals surface area contributed by atoms with Crippen molar-refractivity contribution in [3.05, 3.63) is 66.3 Å². The van der Waals surface area contributed by atoms with E-state index in [1.54, 1.807) is 37.4 Å². The minimum absolute atomic E-state index is 0.0128. The second-order valence-corrected chi connectivity index (χ2v) is 7.11. The number of nitrogens with one attached hydrogen (secondary N) is 1. The quantitative estimate of drug-likeness (QED) is 0.684. The van der Waals surface area contributed by atoms with Crippen LogP contribution in [0.2, 0.25) is 0 Å². The van der Waals surface area contributed by atoms with Gasteiger partial charge in [0.15, 0.2) is 17.3 Å². The lowest BCUT2D eigenvalue weighted by molar-refractivity contribution is 0.321. The number of halogens is 1. The molecule has 0 aliphatic heterocycles. The molecule has 0 radical (unpaired) electrons. The van der Waals surface area contributed by atoms with Gasteiger partial charge in [0.25, 0.3) is 0 Å². The highest BCUT2D eigenvalue weighted by atomic mass is 32.2. The summed E-state index contributed by atoms with van der Waals surface area (Å²) < 4.78 is 51.7. The number of rotatable bonds is 7. The van der Waals surface area contributed by atoms with Crippen LogP contribution in [-0.4, -0.2) is 20.0 Å². The van der Waals surface area contributed by atoms with Crippen molar-refractivity contribution in [1.29, 1.82) is 0 Å². The van der Waals surface area contributed by atoms with Crippen LogP contribution >= 0.6 is 0 Å². The lowest BCUT2D eigenvalue weighted by Crippen LogP contribution is -2.23. The normalized spacial score (nSPS) is 11.5. The van der Waals surface area contributed by atoms with Gasteiger partial charge in [0.05, 0.1) is 17.8 Å². The number of hydrogen-bond donors (Lipinski definition) is 1. The molecule has 2 heterocycles. The molecule has 2 aromatic heterocycles. The maximum Gasteiger partial charge on any atom is 0.240 e. The Labute approximate surface area is 150 Å². The van der Waals surface area contributed by atoms with Crippen molar-refractivity contribution in [1.82, 2.24) is 9.71 Å². The monoisotopic (exact) mass is 376 g/mol. The summed E-state index contributed by atoms with van der Waals surface area (Å²) in [5, 5.41) is 0. The zero-order valence-corrected chi connectivity index (χ0v) is 14.8. The van der Waals surface area contributed by atoms with Gasteiger partial charge in [-0.15, -0.1) is 0 Å². The second kappa shape index (κ2) is 7.67. The molecule has 1 N–H and O–H groups in total. The van der Waals surface area contributed by atoms with Gasteiger partial charge in [-0.2, -0.15) is 0 Å².